The molecular formula is C20H26N4O2. The molecule has 1 fully saturated rings. The number of hydrogen-bond donors (Lipinski definition) is 2. The van der Waals surface area contributed by atoms with Gasteiger partial charge in [-0.25, -0.2) is 9.98 Å². The van der Waals surface area contributed by atoms with E-state index in [4.69, 9.17) is 15.2 Å². The van der Waals surface area contributed by atoms with Crippen molar-refractivity contribution < 1.29 is 9.47 Å². The molecule has 0 saturated carbocycles. The van der Waals surface area contributed by atoms with Crippen molar-refractivity contribution in [1.82, 2.24) is 4.98 Å². The maximum atomic E-state index is 6.03. The van der Waals surface area contributed by atoms with E-state index in [0.717, 1.165) is 24.3 Å². The van der Waals surface area contributed by atoms with Gasteiger partial charge in [0.25, 0.3) is 0 Å². The first kappa shape index (κ1) is 18.2. The molecule has 1 aliphatic heterocycles. The zero-order valence-corrected chi connectivity index (χ0v) is 15.3. The maximum absolute atomic E-state index is 6.03. The minimum Gasteiger partial charge on any atom is -0.472 e. The van der Waals surface area contributed by atoms with Crippen molar-refractivity contribution in [1.29, 1.82) is 0 Å². The van der Waals surface area contributed by atoms with Gasteiger partial charge in [-0.05, 0) is 35.2 Å². The molecule has 2 aromatic rings. The Bertz CT molecular complexity index is 755. The molecule has 1 unspecified atom stereocenters. The van der Waals surface area contributed by atoms with Gasteiger partial charge in [0, 0.05) is 24.4 Å². The Morgan fingerprint density at radius 2 is 2.27 bits per heavy atom. The van der Waals surface area contributed by atoms with Gasteiger partial charge < -0.3 is 20.5 Å². The topological polar surface area (TPSA) is 81.8 Å². The van der Waals surface area contributed by atoms with Gasteiger partial charge in [-0.15, -0.1) is 0 Å². The second-order valence-corrected chi connectivity index (χ2v) is 6.71. The van der Waals surface area contributed by atoms with E-state index in [0.29, 0.717) is 30.9 Å². The molecule has 3 N–H and O–H groups in total. The van der Waals surface area contributed by atoms with Gasteiger partial charge in [0.1, 0.15) is 6.10 Å². The van der Waals surface area contributed by atoms with E-state index in [1.807, 2.05) is 24.3 Å². The summed E-state index contributed by atoms with van der Waals surface area (Å²) >= 11 is 0. The van der Waals surface area contributed by atoms with E-state index >= 15 is 0 Å². The lowest BCUT2D eigenvalue weighted by Gasteiger charge is -2.11. The number of aromatic nitrogens is 1. The highest BCUT2D eigenvalue weighted by Crippen LogP contribution is 2.19. The molecule has 6 heteroatoms. The molecule has 6 nitrogen and oxygen atoms in total. The van der Waals surface area contributed by atoms with Crippen LogP contribution in [0.25, 0.3) is 0 Å². The monoisotopic (exact) mass is 354 g/mol. The van der Waals surface area contributed by atoms with Crippen molar-refractivity contribution in [2.24, 2.45) is 10.7 Å². The van der Waals surface area contributed by atoms with Crippen LogP contribution in [0.15, 0.2) is 47.6 Å². The zero-order valence-electron chi connectivity index (χ0n) is 15.3. The van der Waals surface area contributed by atoms with Crippen LogP contribution in [0.1, 0.15) is 37.3 Å². The summed E-state index contributed by atoms with van der Waals surface area (Å²) in [4.78, 5) is 8.66. The zero-order chi connectivity index (χ0) is 18.4. The summed E-state index contributed by atoms with van der Waals surface area (Å²) in [6, 6.07) is 12.0. The van der Waals surface area contributed by atoms with E-state index in [9.17, 15) is 0 Å². The summed E-state index contributed by atoms with van der Waals surface area (Å²) in [7, 11) is 0. The number of rotatable bonds is 6. The van der Waals surface area contributed by atoms with Crippen LogP contribution in [0.2, 0.25) is 0 Å². The molecule has 1 aromatic carbocycles. The fourth-order valence-corrected chi connectivity index (χ4v) is 2.73. The number of aliphatic imine (C=N–C) groups is 1. The second-order valence-electron chi connectivity index (χ2n) is 6.71. The molecule has 26 heavy (non-hydrogen) atoms. The van der Waals surface area contributed by atoms with Crippen LogP contribution in [-0.2, 0) is 11.3 Å². The highest BCUT2D eigenvalue weighted by Gasteiger charge is 2.17. The Morgan fingerprint density at radius 3 is 3.04 bits per heavy atom. The average Bonchev–Trinajstić information content (AvgIpc) is 3.13. The van der Waals surface area contributed by atoms with Crippen molar-refractivity contribution in [3.8, 4) is 5.88 Å². The van der Waals surface area contributed by atoms with Gasteiger partial charge >= 0.3 is 0 Å². The third-order valence-electron chi connectivity index (χ3n) is 4.23. The Hall–Kier alpha value is -2.60. The summed E-state index contributed by atoms with van der Waals surface area (Å²) in [5.74, 6) is 1.45. The summed E-state index contributed by atoms with van der Waals surface area (Å²) in [5, 5.41) is 3.15. The van der Waals surface area contributed by atoms with Crippen LogP contribution in [0.4, 0.5) is 5.69 Å². The first-order valence-electron chi connectivity index (χ1n) is 8.96. The molecule has 1 aromatic heterocycles. The average molecular weight is 354 g/mol. The van der Waals surface area contributed by atoms with E-state index in [1.165, 1.54) is 5.56 Å². The van der Waals surface area contributed by atoms with Crippen molar-refractivity contribution in [3.05, 3.63) is 53.7 Å². The molecule has 138 valence electrons. The van der Waals surface area contributed by atoms with E-state index in [1.54, 1.807) is 6.20 Å². The minimum atomic E-state index is 0.0845. The van der Waals surface area contributed by atoms with Crippen molar-refractivity contribution in [3.63, 3.8) is 0 Å². The standard InChI is InChI=1S/C20H26N4O2/c1-14(2)16-4-3-5-17(11-16)24-20(21)23-12-15-6-8-22-19(10-15)26-18-7-9-25-13-18/h3-6,8,10-11,14,18H,7,9,12-13H2,1-2H3,(H3,21,23,24). The highest BCUT2D eigenvalue weighted by atomic mass is 16.5. The lowest BCUT2D eigenvalue weighted by Crippen LogP contribution is -2.22. The second kappa shape index (κ2) is 8.67. The molecule has 1 atom stereocenters. The molecule has 0 spiro atoms. The Kier molecular flexibility index (Phi) is 6.07. The van der Waals surface area contributed by atoms with Crippen LogP contribution in [0, 0.1) is 0 Å². The predicted octanol–water partition coefficient (Wildman–Crippen LogP) is 3.30. The molecule has 0 bridgehead atoms. The molecule has 0 aliphatic carbocycles. The summed E-state index contributed by atoms with van der Waals surface area (Å²) in [5.41, 5.74) is 9.22. The first-order valence-corrected chi connectivity index (χ1v) is 8.96. The smallest absolute Gasteiger partial charge is 0.213 e. The van der Waals surface area contributed by atoms with Crippen LogP contribution in [0.5, 0.6) is 5.88 Å². The fraction of sp³-hybridized carbons (Fsp3) is 0.400. The number of benzene rings is 1. The predicted molar refractivity (Wildman–Crippen MR) is 104 cm³/mol. The Labute approximate surface area is 154 Å². The molecular weight excluding hydrogens is 328 g/mol. The summed E-state index contributed by atoms with van der Waals surface area (Å²) in [6.45, 7) is 6.16. The largest absolute Gasteiger partial charge is 0.472 e. The van der Waals surface area contributed by atoms with Gasteiger partial charge in [-0.3, -0.25) is 0 Å². The van der Waals surface area contributed by atoms with Crippen LogP contribution in [0.3, 0.4) is 0 Å². The number of guanidine groups is 1. The van der Waals surface area contributed by atoms with E-state index in [2.05, 4.69) is 41.3 Å². The van der Waals surface area contributed by atoms with Crippen molar-refractivity contribution >= 4 is 11.6 Å². The lowest BCUT2D eigenvalue weighted by molar-refractivity contribution is 0.138. The van der Waals surface area contributed by atoms with Crippen LogP contribution < -0.4 is 15.8 Å². The number of pyridine rings is 1. The normalized spacial score (nSPS) is 17.5. The summed E-state index contributed by atoms with van der Waals surface area (Å²) < 4.78 is 11.1. The third-order valence-corrected chi connectivity index (χ3v) is 4.23. The van der Waals surface area contributed by atoms with Crippen LogP contribution >= 0.6 is 0 Å². The molecule has 3 rings (SSSR count). The van der Waals surface area contributed by atoms with Gasteiger partial charge in [-0.2, -0.15) is 0 Å². The SMILES string of the molecule is CC(C)c1cccc(NC(N)=NCc2ccnc(OC3CCOC3)c2)c1. The quantitative estimate of drug-likeness (QED) is 0.614. The number of ether oxygens (including phenoxy) is 2. The Morgan fingerprint density at radius 1 is 1.38 bits per heavy atom. The minimum absolute atomic E-state index is 0.0845. The molecule has 2 heterocycles. The lowest BCUT2D eigenvalue weighted by atomic mass is 10.0. The van der Waals surface area contributed by atoms with Gasteiger partial charge in [0.2, 0.25) is 5.88 Å². The first-order chi connectivity index (χ1) is 12.6. The maximum Gasteiger partial charge on any atom is 0.213 e. The van der Waals surface area contributed by atoms with Gasteiger partial charge in [0.05, 0.1) is 19.8 Å². The van der Waals surface area contributed by atoms with E-state index in [-0.39, 0.29) is 6.10 Å². The van der Waals surface area contributed by atoms with E-state index < -0.39 is 0 Å². The molecule has 0 amide bonds. The van der Waals surface area contributed by atoms with Crippen molar-refractivity contribution in [2.45, 2.75) is 38.8 Å². The number of nitrogens with zero attached hydrogens (tertiary/aromatic N) is 2. The van der Waals surface area contributed by atoms with Gasteiger partial charge in [-0.1, -0.05) is 26.0 Å². The van der Waals surface area contributed by atoms with Gasteiger partial charge in [0.15, 0.2) is 5.96 Å². The fourth-order valence-electron chi connectivity index (χ4n) is 2.73. The van der Waals surface area contributed by atoms with Crippen LogP contribution in [-0.4, -0.2) is 30.3 Å². The highest BCUT2D eigenvalue weighted by molar-refractivity contribution is 5.92. The number of hydrogen-bond acceptors (Lipinski definition) is 4. The third kappa shape index (κ3) is 5.20. The number of nitrogens with two attached hydrogens (primary N) is 1. The Balaban J connectivity index is 1.59. The molecule has 0 radical (unpaired) electrons. The summed E-state index contributed by atoms with van der Waals surface area (Å²) in [6.07, 6.45) is 2.71. The number of nitrogens with one attached hydrogen (secondary N) is 1. The molecule has 1 aliphatic rings. The number of anilines is 1. The van der Waals surface area contributed by atoms with Crippen molar-refractivity contribution in [2.75, 3.05) is 18.5 Å². The molecule has 1 saturated heterocycles.